The van der Waals surface area contributed by atoms with E-state index in [-0.39, 0.29) is 5.57 Å². The number of aliphatic hydroxyl groups excluding tert-OH is 1. The van der Waals surface area contributed by atoms with Crippen molar-refractivity contribution in [3.05, 3.63) is 95.0 Å². The van der Waals surface area contributed by atoms with Crippen molar-refractivity contribution in [3.8, 4) is 0 Å². The van der Waals surface area contributed by atoms with Crippen molar-refractivity contribution in [2.45, 2.75) is 6.04 Å². The fourth-order valence-corrected chi connectivity index (χ4v) is 3.74. The smallest absolute Gasteiger partial charge is 0.296 e. The molecule has 0 spiro atoms. The van der Waals surface area contributed by atoms with Gasteiger partial charge >= 0.3 is 0 Å². The molecule has 0 saturated heterocycles. The molecule has 3 heterocycles. The van der Waals surface area contributed by atoms with Gasteiger partial charge in [0.25, 0.3) is 5.91 Å². The summed E-state index contributed by atoms with van der Waals surface area (Å²) in [6.45, 7) is 0. The maximum Gasteiger partial charge on any atom is 0.296 e. The van der Waals surface area contributed by atoms with Crippen molar-refractivity contribution < 1.29 is 14.7 Å². The monoisotopic (exact) mass is 389 g/mol. The first-order valence-corrected chi connectivity index (χ1v) is 9.38. The number of hydrogen-bond donors (Lipinski definition) is 1. The van der Waals surface area contributed by atoms with Crippen LogP contribution in [-0.2, 0) is 9.59 Å². The number of carbonyl (C=O) groups excluding carboxylic acids is 2. The number of aromatic nitrogens is 2. The van der Waals surface area contributed by atoms with Crippen molar-refractivity contribution >= 4 is 34.2 Å². The minimum absolute atomic E-state index is 0.0142. The molecule has 1 amide bonds. The predicted octanol–water partition coefficient (Wildman–Crippen LogP) is 3.72. The zero-order valence-electron chi connectivity index (χ0n) is 14.6. The van der Waals surface area contributed by atoms with E-state index in [0.29, 0.717) is 10.7 Å². The molecule has 7 heteroatoms. The lowest BCUT2D eigenvalue weighted by Crippen LogP contribution is -2.30. The van der Waals surface area contributed by atoms with E-state index in [2.05, 4.69) is 9.97 Å². The lowest BCUT2D eigenvalue weighted by Gasteiger charge is -2.23. The molecule has 0 fully saturated rings. The van der Waals surface area contributed by atoms with Gasteiger partial charge in [-0.2, -0.15) is 0 Å². The minimum atomic E-state index is -0.791. The second kappa shape index (κ2) is 7.58. The topological polar surface area (TPSA) is 83.4 Å². The molecule has 1 atom stereocenters. The Morgan fingerprint density at radius 1 is 1.14 bits per heavy atom. The fraction of sp³-hybridized carbons (Fsp3) is 0.0476. The lowest BCUT2D eigenvalue weighted by atomic mass is 9.97. The van der Waals surface area contributed by atoms with Gasteiger partial charge in [-0.25, -0.2) is 4.98 Å². The Bertz CT molecular complexity index is 1060. The van der Waals surface area contributed by atoms with Crippen LogP contribution in [0.25, 0.3) is 6.08 Å². The zero-order valence-corrected chi connectivity index (χ0v) is 15.4. The van der Waals surface area contributed by atoms with E-state index in [9.17, 15) is 14.7 Å². The maximum absolute atomic E-state index is 13.0. The number of allylic oxidation sites excluding steroid dienone is 1. The predicted molar refractivity (Wildman–Crippen MR) is 107 cm³/mol. The Balaban J connectivity index is 1.76. The molecule has 3 aromatic rings. The van der Waals surface area contributed by atoms with Crippen LogP contribution in [0.2, 0.25) is 0 Å². The SMILES string of the molecule is O=C(C=Cc1ccccc1)C1=C(O)C(=O)N(c2nccs2)C1c1cccnc1. The van der Waals surface area contributed by atoms with Crippen LogP contribution in [0, 0.1) is 0 Å². The molecule has 1 N–H and O–H groups in total. The van der Waals surface area contributed by atoms with Gasteiger partial charge in [0, 0.05) is 24.0 Å². The van der Waals surface area contributed by atoms with E-state index in [1.165, 1.54) is 22.3 Å². The van der Waals surface area contributed by atoms with Crippen LogP contribution in [-0.4, -0.2) is 26.8 Å². The van der Waals surface area contributed by atoms with Gasteiger partial charge in [0.05, 0.1) is 11.6 Å². The van der Waals surface area contributed by atoms with Gasteiger partial charge in [0.2, 0.25) is 0 Å². The van der Waals surface area contributed by atoms with Crippen molar-refractivity contribution in [2.75, 3.05) is 4.90 Å². The highest BCUT2D eigenvalue weighted by atomic mass is 32.1. The molecule has 1 aliphatic rings. The third-order valence-electron chi connectivity index (χ3n) is 4.33. The van der Waals surface area contributed by atoms with Crippen molar-refractivity contribution in [1.29, 1.82) is 0 Å². The largest absolute Gasteiger partial charge is 0.503 e. The first-order valence-electron chi connectivity index (χ1n) is 8.50. The molecule has 6 nitrogen and oxygen atoms in total. The summed E-state index contributed by atoms with van der Waals surface area (Å²) >= 11 is 1.25. The molecule has 0 bridgehead atoms. The Morgan fingerprint density at radius 2 is 1.96 bits per heavy atom. The second-order valence-electron chi connectivity index (χ2n) is 6.05. The third kappa shape index (κ3) is 3.23. The quantitative estimate of drug-likeness (QED) is 0.673. The van der Waals surface area contributed by atoms with Gasteiger partial charge < -0.3 is 5.11 Å². The molecule has 0 aliphatic carbocycles. The summed E-state index contributed by atoms with van der Waals surface area (Å²) in [6.07, 6.45) is 7.77. The van der Waals surface area contributed by atoms with Gasteiger partial charge in [0.15, 0.2) is 16.7 Å². The lowest BCUT2D eigenvalue weighted by molar-refractivity contribution is -0.117. The van der Waals surface area contributed by atoms with Crippen LogP contribution in [0.4, 0.5) is 5.13 Å². The summed E-state index contributed by atoms with van der Waals surface area (Å²) in [7, 11) is 0. The van der Waals surface area contributed by atoms with E-state index in [1.54, 1.807) is 42.2 Å². The van der Waals surface area contributed by atoms with E-state index in [1.807, 2.05) is 30.3 Å². The van der Waals surface area contributed by atoms with Crippen LogP contribution >= 0.6 is 11.3 Å². The summed E-state index contributed by atoms with van der Waals surface area (Å²) < 4.78 is 0. The number of aliphatic hydroxyl groups is 1. The number of nitrogens with zero attached hydrogens (tertiary/aromatic N) is 3. The molecular formula is C21H15N3O3S. The Hall–Kier alpha value is -3.58. The number of pyridine rings is 1. The van der Waals surface area contributed by atoms with Gasteiger partial charge in [0.1, 0.15) is 0 Å². The molecule has 28 heavy (non-hydrogen) atoms. The third-order valence-corrected chi connectivity index (χ3v) is 5.10. The summed E-state index contributed by atoms with van der Waals surface area (Å²) in [6, 6.07) is 12.0. The highest BCUT2D eigenvalue weighted by Gasteiger charge is 2.44. The second-order valence-corrected chi connectivity index (χ2v) is 6.92. The minimum Gasteiger partial charge on any atom is -0.503 e. The summed E-state index contributed by atoms with van der Waals surface area (Å²) in [5.74, 6) is -1.66. The van der Waals surface area contributed by atoms with Gasteiger partial charge in [-0.05, 0) is 23.3 Å². The number of anilines is 1. The van der Waals surface area contributed by atoms with Crippen LogP contribution < -0.4 is 4.90 Å². The Labute approximate surface area is 165 Å². The molecule has 1 aliphatic heterocycles. The normalized spacial score (nSPS) is 16.9. The zero-order chi connectivity index (χ0) is 19.5. The summed E-state index contributed by atoms with van der Waals surface area (Å²) in [5.41, 5.74) is 1.47. The molecule has 2 aromatic heterocycles. The van der Waals surface area contributed by atoms with Crippen molar-refractivity contribution in [1.82, 2.24) is 9.97 Å². The number of hydrogen-bond acceptors (Lipinski definition) is 6. The Kier molecular flexibility index (Phi) is 4.82. The number of ketones is 1. The molecule has 4 rings (SSSR count). The van der Waals surface area contributed by atoms with E-state index < -0.39 is 23.5 Å². The van der Waals surface area contributed by atoms with Gasteiger partial charge in [-0.15, -0.1) is 11.3 Å². The average Bonchev–Trinajstić information content (AvgIpc) is 3.35. The number of thiazole rings is 1. The van der Waals surface area contributed by atoms with Crippen LogP contribution in [0.3, 0.4) is 0 Å². The number of benzene rings is 1. The Morgan fingerprint density at radius 3 is 2.64 bits per heavy atom. The van der Waals surface area contributed by atoms with E-state index in [4.69, 9.17) is 0 Å². The number of carbonyl (C=O) groups is 2. The van der Waals surface area contributed by atoms with Gasteiger partial charge in [-0.1, -0.05) is 42.5 Å². The van der Waals surface area contributed by atoms with Crippen LogP contribution in [0.15, 0.2) is 83.8 Å². The highest BCUT2D eigenvalue weighted by molar-refractivity contribution is 7.13. The standard InChI is InChI=1S/C21H15N3O3S/c25-16(9-8-14-5-2-1-3-6-14)17-18(15-7-4-10-22-13-15)24(20(27)19(17)26)21-23-11-12-28-21/h1-13,18,26H. The van der Waals surface area contributed by atoms with Gasteiger partial charge in [-0.3, -0.25) is 19.5 Å². The fourth-order valence-electron chi connectivity index (χ4n) is 3.07. The van der Waals surface area contributed by atoms with E-state index >= 15 is 0 Å². The number of amides is 1. The van der Waals surface area contributed by atoms with Crippen LogP contribution in [0.1, 0.15) is 17.2 Å². The molecule has 1 unspecified atom stereocenters. The molecule has 0 saturated carbocycles. The first-order chi connectivity index (χ1) is 13.7. The highest BCUT2D eigenvalue weighted by Crippen LogP contribution is 2.41. The molecular weight excluding hydrogens is 374 g/mol. The van der Waals surface area contributed by atoms with E-state index in [0.717, 1.165) is 5.56 Å². The van der Waals surface area contributed by atoms with Crippen molar-refractivity contribution in [2.24, 2.45) is 0 Å². The van der Waals surface area contributed by atoms with Crippen LogP contribution in [0.5, 0.6) is 0 Å². The number of rotatable bonds is 5. The average molecular weight is 389 g/mol. The summed E-state index contributed by atoms with van der Waals surface area (Å²) in [4.78, 5) is 35.3. The van der Waals surface area contributed by atoms with Crippen molar-refractivity contribution in [3.63, 3.8) is 0 Å². The first kappa shape index (κ1) is 17.8. The summed E-state index contributed by atoms with van der Waals surface area (Å²) in [5, 5.41) is 12.7. The maximum atomic E-state index is 13.0. The molecule has 0 radical (unpaired) electrons. The molecule has 1 aromatic carbocycles. The molecule has 138 valence electrons.